The molecule has 318 valence electrons. The molecule has 2 aliphatic carbocycles. The fourth-order valence-electron chi connectivity index (χ4n) is 11.2. The Labute approximate surface area is 370 Å². The maximum absolute atomic E-state index is 15.1. The zero-order chi connectivity index (χ0) is 44.4. The highest BCUT2D eigenvalue weighted by atomic mass is 28.4. The van der Waals surface area contributed by atoms with Crippen molar-refractivity contribution < 1.29 is 18.4 Å². The number of aliphatic imine (C=N–C) groups is 2. The molecule has 8 rings (SSSR count). The van der Waals surface area contributed by atoms with Crippen molar-refractivity contribution in [2.45, 2.75) is 116 Å². The Morgan fingerprint density at radius 2 is 0.726 bits per heavy atom. The summed E-state index contributed by atoms with van der Waals surface area (Å²) in [6.07, 6.45) is 3.83. The van der Waals surface area contributed by atoms with Crippen LogP contribution in [0, 0.1) is 0 Å². The summed E-state index contributed by atoms with van der Waals surface area (Å²) in [5.74, 6) is 1.28. The van der Waals surface area contributed by atoms with Crippen LogP contribution in [0.4, 0.5) is 11.4 Å². The molecule has 0 aromatic heterocycles. The van der Waals surface area contributed by atoms with E-state index in [0.29, 0.717) is 78.1 Å². The first kappa shape index (κ1) is 43.2. The average Bonchev–Trinajstić information content (AvgIpc) is 3.93. The van der Waals surface area contributed by atoms with E-state index in [1.54, 1.807) is 0 Å². The molecule has 0 amide bonds. The van der Waals surface area contributed by atoms with Crippen molar-refractivity contribution in [2.75, 3.05) is 0 Å². The van der Waals surface area contributed by atoms with Gasteiger partial charge in [-0.25, -0.2) is 9.98 Å². The van der Waals surface area contributed by atoms with Crippen molar-refractivity contribution in [3.05, 3.63) is 142 Å². The number of Topliss-reactive ketones (excluding diaryl/α,β-unsaturated/α-hetero) is 2. The lowest BCUT2D eigenvalue weighted by atomic mass is 9.91. The number of rotatable bonds is 13. The molecule has 0 N–H and O–H groups in total. The number of hydrogen-bond acceptors (Lipinski definition) is 6. The quantitative estimate of drug-likeness (QED) is 0.0991. The van der Waals surface area contributed by atoms with Gasteiger partial charge in [0.25, 0.3) is 16.6 Å². The predicted molar refractivity (Wildman–Crippen MR) is 263 cm³/mol. The first-order valence-corrected chi connectivity index (χ1v) is 26.8. The molecule has 4 aliphatic rings. The fourth-order valence-corrected chi connectivity index (χ4v) is 21.7. The van der Waals surface area contributed by atoms with Gasteiger partial charge in [-0.2, -0.15) is 0 Å². The molecule has 0 atom stereocenters. The van der Waals surface area contributed by atoms with E-state index in [-0.39, 0.29) is 11.6 Å². The molecule has 2 aliphatic heterocycles. The van der Waals surface area contributed by atoms with E-state index in [2.05, 4.69) is 83.1 Å². The standard InChI is InChI=1S/C54H60N2O4Si2/c1-31(2)61(32(3)4,33(5)6)59-39-25-21-37(22-26-39)29-43-51-47(41-17-13-15-19-45(41)55-51)49(53(43)57)50-48-42-18-14-16-20-46(42)56-52(48)44(54(50)58)30-38-23-27-40(28-24-38)60-62(34(7)8,35(9)10)36(11)12/h13-36H,1-12H3/b43-29+,44-30+. The molecule has 62 heavy (non-hydrogen) atoms. The van der Waals surface area contributed by atoms with E-state index < -0.39 is 16.6 Å². The van der Waals surface area contributed by atoms with Crippen molar-refractivity contribution in [1.82, 2.24) is 0 Å². The first-order valence-electron chi connectivity index (χ1n) is 22.5. The SMILES string of the molecule is CC(C)[Si](Oc1ccc(/C=C2/C(=O)C(C3=C4C(=Nc5ccccc54)/C(=C\c4ccc(O[Si](C(C)C)(C(C)C)C(C)C)cc4)C3=O)=C3C2=Nc2ccccc23)cc1)(C(C)C)C(C)C. The van der Waals surface area contributed by atoms with Gasteiger partial charge in [-0.3, -0.25) is 9.59 Å². The number of carbonyl (C=O) groups excluding carboxylic acids is 2. The minimum atomic E-state index is -2.16. The van der Waals surface area contributed by atoms with Crippen LogP contribution in [0.3, 0.4) is 0 Å². The summed E-state index contributed by atoms with van der Waals surface area (Å²) in [5.41, 5.74) is 11.9. The molecule has 4 aromatic carbocycles. The Morgan fingerprint density at radius 3 is 1.03 bits per heavy atom. The summed E-state index contributed by atoms with van der Waals surface area (Å²) in [4.78, 5) is 40.4. The average molecular weight is 857 g/mol. The van der Waals surface area contributed by atoms with Gasteiger partial charge in [0.1, 0.15) is 11.5 Å². The summed E-state index contributed by atoms with van der Waals surface area (Å²) in [7, 11) is -4.32. The van der Waals surface area contributed by atoms with Crippen molar-refractivity contribution >= 4 is 74.3 Å². The van der Waals surface area contributed by atoms with Gasteiger partial charge in [0.05, 0.1) is 22.8 Å². The molecule has 6 nitrogen and oxygen atoms in total. The molecule has 0 bridgehead atoms. The molecule has 8 heteroatoms. The smallest absolute Gasteiger partial charge is 0.258 e. The molecule has 2 heterocycles. The van der Waals surface area contributed by atoms with Crippen LogP contribution < -0.4 is 8.85 Å². The van der Waals surface area contributed by atoms with E-state index in [4.69, 9.17) is 18.8 Å². The van der Waals surface area contributed by atoms with Crippen molar-refractivity contribution in [2.24, 2.45) is 9.98 Å². The van der Waals surface area contributed by atoms with E-state index >= 15 is 9.59 Å². The number of fused-ring (bicyclic) bond motifs is 6. The summed E-state index contributed by atoms with van der Waals surface area (Å²) >= 11 is 0. The molecule has 0 fully saturated rings. The van der Waals surface area contributed by atoms with E-state index in [1.807, 2.05) is 109 Å². The van der Waals surface area contributed by atoms with Crippen LogP contribution in [0.2, 0.25) is 33.2 Å². The molecular weight excluding hydrogens is 797 g/mol. The topological polar surface area (TPSA) is 77.3 Å². The third kappa shape index (κ3) is 6.90. The zero-order valence-electron chi connectivity index (χ0n) is 38.4. The second-order valence-corrected chi connectivity index (χ2v) is 30.0. The van der Waals surface area contributed by atoms with Gasteiger partial charge in [-0.1, -0.05) is 144 Å². The minimum absolute atomic E-state index is 0.213. The molecule has 0 spiro atoms. The van der Waals surface area contributed by atoms with Gasteiger partial charge in [-0.05, 0) is 92.9 Å². The number of carbonyl (C=O) groups is 2. The highest BCUT2D eigenvalue weighted by molar-refractivity contribution is 6.78. The molecule has 0 saturated heterocycles. The van der Waals surface area contributed by atoms with Gasteiger partial charge >= 0.3 is 0 Å². The molecule has 0 unspecified atom stereocenters. The van der Waals surface area contributed by atoms with Crippen LogP contribution in [0.25, 0.3) is 23.3 Å². The first-order chi connectivity index (χ1) is 29.5. The van der Waals surface area contributed by atoms with Gasteiger partial charge in [-0.15, -0.1) is 0 Å². The third-order valence-corrected chi connectivity index (χ3v) is 25.9. The van der Waals surface area contributed by atoms with Gasteiger partial charge in [0.2, 0.25) is 0 Å². The second-order valence-electron chi connectivity index (χ2n) is 19.2. The van der Waals surface area contributed by atoms with Crippen LogP contribution in [-0.4, -0.2) is 39.6 Å². The Hall–Kier alpha value is -5.45. The lowest BCUT2D eigenvalue weighted by molar-refractivity contribution is -0.114. The molecular formula is C54H60N2O4Si2. The van der Waals surface area contributed by atoms with Crippen LogP contribution in [0.15, 0.2) is 129 Å². The Balaban J connectivity index is 1.20. The monoisotopic (exact) mass is 856 g/mol. The fraction of sp³-hybridized carbons (Fsp3) is 0.333. The number of benzene rings is 4. The highest BCUT2D eigenvalue weighted by Crippen LogP contribution is 2.53. The Bertz CT molecular complexity index is 2440. The van der Waals surface area contributed by atoms with Crippen LogP contribution in [0.1, 0.15) is 105 Å². The molecule has 4 aromatic rings. The van der Waals surface area contributed by atoms with Crippen LogP contribution in [-0.2, 0) is 9.59 Å². The Kier molecular flexibility index (Phi) is 11.4. The predicted octanol–water partition coefficient (Wildman–Crippen LogP) is 14.5. The Morgan fingerprint density at radius 1 is 0.419 bits per heavy atom. The third-order valence-electron chi connectivity index (χ3n) is 13.9. The summed E-state index contributed by atoms with van der Waals surface area (Å²) in [6.45, 7) is 27.4. The van der Waals surface area contributed by atoms with Crippen molar-refractivity contribution in [3.63, 3.8) is 0 Å². The van der Waals surface area contributed by atoms with Crippen LogP contribution in [0.5, 0.6) is 11.5 Å². The highest BCUT2D eigenvalue weighted by Gasteiger charge is 2.50. The lowest BCUT2D eigenvalue weighted by Crippen LogP contribution is -2.50. The van der Waals surface area contributed by atoms with Gasteiger partial charge in [0, 0.05) is 44.6 Å². The number of hydrogen-bond donors (Lipinski definition) is 0. The minimum Gasteiger partial charge on any atom is -0.543 e. The normalized spacial score (nSPS) is 17.5. The van der Waals surface area contributed by atoms with Gasteiger partial charge < -0.3 is 8.85 Å². The van der Waals surface area contributed by atoms with E-state index in [9.17, 15) is 0 Å². The summed E-state index contributed by atoms with van der Waals surface area (Å²) < 4.78 is 13.9. The number of ketones is 2. The molecule has 0 radical (unpaired) electrons. The second kappa shape index (κ2) is 16.4. The van der Waals surface area contributed by atoms with E-state index in [0.717, 1.165) is 45.1 Å². The maximum atomic E-state index is 15.1. The van der Waals surface area contributed by atoms with Crippen molar-refractivity contribution in [1.29, 1.82) is 0 Å². The largest absolute Gasteiger partial charge is 0.543 e. The number of para-hydroxylation sites is 2. The van der Waals surface area contributed by atoms with Crippen LogP contribution >= 0.6 is 0 Å². The molecule has 0 saturated carbocycles. The number of allylic oxidation sites excluding steroid dienone is 6. The summed E-state index contributed by atoms with van der Waals surface area (Å²) in [5, 5.41) is 0. The van der Waals surface area contributed by atoms with Gasteiger partial charge in [0.15, 0.2) is 11.6 Å². The van der Waals surface area contributed by atoms with Crippen molar-refractivity contribution in [3.8, 4) is 11.5 Å². The lowest BCUT2D eigenvalue weighted by Gasteiger charge is -2.42. The zero-order valence-corrected chi connectivity index (χ0v) is 40.4. The van der Waals surface area contributed by atoms with E-state index in [1.165, 1.54) is 0 Å². The summed E-state index contributed by atoms with van der Waals surface area (Å²) in [6, 6.07) is 31.9. The maximum Gasteiger partial charge on any atom is 0.258 e. The number of nitrogens with zero attached hydrogens (tertiary/aromatic N) is 2.